The van der Waals surface area contributed by atoms with E-state index in [1.165, 1.54) is 63.0 Å². The molecule has 0 radical (unpaired) electrons. The van der Waals surface area contributed by atoms with E-state index in [1.54, 1.807) is 0 Å². The van der Waals surface area contributed by atoms with E-state index in [1.807, 2.05) is 18.4 Å². The van der Waals surface area contributed by atoms with Gasteiger partial charge in [0.15, 0.2) is 5.96 Å². The molecule has 0 atom stereocenters. The van der Waals surface area contributed by atoms with Crippen LogP contribution in [0, 0.1) is 0 Å². The lowest BCUT2D eigenvalue weighted by Crippen LogP contribution is -2.40. The van der Waals surface area contributed by atoms with E-state index >= 15 is 0 Å². The van der Waals surface area contributed by atoms with Crippen LogP contribution in [0.4, 0.5) is 0 Å². The first-order chi connectivity index (χ1) is 11.8. The number of unbranched alkanes of at least 4 members (excludes halogenated alkanes) is 2. The average molecular weight is 351 g/mol. The van der Waals surface area contributed by atoms with Crippen molar-refractivity contribution in [1.29, 1.82) is 0 Å². The number of rotatable bonds is 9. The van der Waals surface area contributed by atoms with Gasteiger partial charge in [-0.25, -0.2) is 0 Å². The minimum absolute atomic E-state index is 1.01. The van der Waals surface area contributed by atoms with Gasteiger partial charge in [-0.15, -0.1) is 11.3 Å². The topological polar surface area (TPSA) is 30.9 Å². The lowest BCUT2D eigenvalue weighted by molar-refractivity contribution is 0.224. The fourth-order valence-electron chi connectivity index (χ4n) is 3.24. The summed E-state index contributed by atoms with van der Waals surface area (Å²) in [6, 6.07) is 4.33. The molecule has 0 saturated carbocycles. The Morgan fingerprint density at radius 3 is 2.79 bits per heavy atom. The molecule has 0 unspecified atom stereocenters. The highest BCUT2D eigenvalue weighted by Crippen LogP contribution is 2.10. The number of hydrogen-bond acceptors (Lipinski definition) is 3. The number of nitrogens with zero attached hydrogens (tertiary/aromatic N) is 3. The third-order valence-corrected chi connectivity index (χ3v) is 5.67. The summed E-state index contributed by atoms with van der Waals surface area (Å²) >= 11 is 1.83. The van der Waals surface area contributed by atoms with E-state index in [2.05, 4.69) is 44.7 Å². The third kappa shape index (κ3) is 7.22. The van der Waals surface area contributed by atoms with Gasteiger partial charge in [0.1, 0.15) is 0 Å². The first kappa shape index (κ1) is 19.3. The standard InChI is InChI=1S/C19H34N4S/c1-20-19(22(2)16-11-18-10-9-17-24-18)21-12-5-3-6-13-23-14-7-4-8-15-23/h9-10,17H,3-8,11-16H2,1-2H3,(H,20,21). The van der Waals surface area contributed by atoms with Crippen molar-refractivity contribution in [2.75, 3.05) is 46.8 Å². The molecule has 5 heteroatoms. The van der Waals surface area contributed by atoms with E-state index < -0.39 is 0 Å². The fourth-order valence-corrected chi connectivity index (χ4v) is 3.94. The number of aliphatic imine (C=N–C) groups is 1. The van der Waals surface area contributed by atoms with Crippen LogP contribution in [0.1, 0.15) is 43.4 Å². The molecule has 1 aliphatic rings. The van der Waals surface area contributed by atoms with Gasteiger partial charge in [0.25, 0.3) is 0 Å². The molecule has 1 aromatic rings. The molecule has 2 rings (SSSR count). The number of thiophene rings is 1. The molecule has 1 aliphatic heterocycles. The summed E-state index contributed by atoms with van der Waals surface area (Å²) in [6.45, 7) is 5.96. The number of likely N-dealkylation sites (tertiary alicyclic amines) is 1. The largest absolute Gasteiger partial charge is 0.356 e. The van der Waals surface area contributed by atoms with Crippen molar-refractivity contribution in [3.05, 3.63) is 22.4 Å². The summed E-state index contributed by atoms with van der Waals surface area (Å²) in [7, 11) is 4.00. The second-order valence-electron chi connectivity index (χ2n) is 6.69. The zero-order valence-corrected chi connectivity index (χ0v) is 16.3. The molecular weight excluding hydrogens is 316 g/mol. The molecule has 1 fully saturated rings. The minimum atomic E-state index is 1.01. The third-order valence-electron chi connectivity index (χ3n) is 4.73. The monoisotopic (exact) mass is 350 g/mol. The highest BCUT2D eigenvalue weighted by atomic mass is 32.1. The Balaban J connectivity index is 1.52. The van der Waals surface area contributed by atoms with Crippen LogP contribution >= 0.6 is 11.3 Å². The molecule has 0 amide bonds. The number of nitrogens with one attached hydrogen (secondary N) is 1. The summed E-state index contributed by atoms with van der Waals surface area (Å²) in [5.41, 5.74) is 0. The van der Waals surface area contributed by atoms with Crippen LogP contribution in [0.3, 0.4) is 0 Å². The van der Waals surface area contributed by atoms with Crippen LogP contribution in [0.2, 0.25) is 0 Å². The van der Waals surface area contributed by atoms with E-state index in [4.69, 9.17) is 0 Å². The van der Waals surface area contributed by atoms with E-state index in [9.17, 15) is 0 Å². The number of hydrogen-bond donors (Lipinski definition) is 1. The number of likely N-dealkylation sites (N-methyl/N-ethyl adjacent to an activating group) is 1. The first-order valence-corrected chi connectivity index (χ1v) is 10.3. The molecular formula is C19H34N4S. The predicted molar refractivity (Wildman–Crippen MR) is 106 cm³/mol. The Bertz CT molecular complexity index is 452. The first-order valence-electron chi connectivity index (χ1n) is 9.46. The second-order valence-corrected chi connectivity index (χ2v) is 7.72. The second kappa shape index (κ2) is 11.5. The quantitative estimate of drug-likeness (QED) is 0.420. The molecule has 1 aromatic heterocycles. The highest BCUT2D eigenvalue weighted by molar-refractivity contribution is 7.09. The predicted octanol–water partition coefficient (Wildman–Crippen LogP) is 3.45. The average Bonchev–Trinajstić information content (AvgIpc) is 3.13. The molecule has 2 heterocycles. The van der Waals surface area contributed by atoms with E-state index in [0.29, 0.717) is 0 Å². The van der Waals surface area contributed by atoms with Crippen LogP contribution in [0.25, 0.3) is 0 Å². The van der Waals surface area contributed by atoms with Crippen molar-refractivity contribution in [1.82, 2.24) is 15.1 Å². The maximum Gasteiger partial charge on any atom is 0.193 e. The van der Waals surface area contributed by atoms with Crippen molar-refractivity contribution in [2.45, 2.75) is 44.9 Å². The van der Waals surface area contributed by atoms with Gasteiger partial charge in [-0.1, -0.05) is 18.9 Å². The van der Waals surface area contributed by atoms with Crippen LogP contribution < -0.4 is 5.32 Å². The fraction of sp³-hybridized carbons (Fsp3) is 0.737. The zero-order chi connectivity index (χ0) is 17.0. The summed E-state index contributed by atoms with van der Waals surface area (Å²) in [5.74, 6) is 1.02. The number of guanidine groups is 1. The van der Waals surface area contributed by atoms with Crippen LogP contribution in [0.15, 0.2) is 22.5 Å². The highest BCUT2D eigenvalue weighted by Gasteiger charge is 2.09. The maximum absolute atomic E-state index is 4.41. The van der Waals surface area contributed by atoms with Crippen LogP contribution in [-0.4, -0.2) is 62.6 Å². The molecule has 4 nitrogen and oxygen atoms in total. The van der Waals surface area contributed by atoms with Gasteiger partial charge >= 0.3 is 0 Å². The Morgan fingerprint density at radius 1 is 1.25 bits per heavy atom. The summed E-state index contributed by atoms with van der Waals surface area (Å²) < 4.78 is 0. The van der Waals surface area contributed by atoms with Gasteiger partial charge in [0.2, 0.25) is 0 Å². The van der Waals surface area contributed by atoms with Gasteiger partial charge in [-0.05, 0) is 63.2 Å². The summed E-state index contributed by atoms with van der Waals surface area (Å²) in [5, 5.41) is 5.65. The minimum Gasteiger partial charge on any atom is -0.356 e. The van der Waals surface area contributed by atoms with Crippen LogP contribution in [-0.2, 0) is 6.42 Å². The summed E-state index contributed by atoms with van der Waals surface area (Å²) in [6.07, 6.45) is 9.18. The molecule has 0 spiro atoms. The molecule has 1 saturated heterocycles. The lowest BCUT2D eigenvalue weighted by Gasteiger charge is -2.26. The van der Waals surface area contributed by atoms with E-state index in [-0.39, 0.29) is 0 Å². The molecule has 1 N–H and O–H groups in total. The molecule has 136 valence electrons. The Morgan fingerprint density at radius 2 is 2.08 bits per heavy atom. The molecule has 0 aliphatic carbocycles. The normalized spacial score (nSPS) is 16.3. The smallest absolute Gasteiger partial charge is 0.193 e. The molecule has 24 heavy (non-hydrogen) atoms. The Hall–Kier alpha value is -1.07. The Labute approximate surface area is 152 Å². The summed E-state index contributed by atoms with van der Waals surface area (Å²) in [4.78, 5) is 10.7. The van der Waals surface area contributed by atoms with Crippen molar-refractivity contribution < 1.29 is 0 Å². The Kier molecular flexibility index (Phi) is 9.21. The van der Waals surface area contributed by atoms with E-state index in [0.717, 1.165) is 25.5 Å². The van der Waals surface area contributed by atoms with Gasteiger partial charge in [-0.3, -0.25) is 4.99 Å². The number of piperidine rings is 1. The molecule has 0 bridgehead atoms. The van der Waals surface area contributed by atoms with Gasteiger partial charge in [0.05, 0.1) is 0 Å². The van der Waals surface area contributed by atoms with Crippen LogP contribution in [0.5, 0.6) is 0 Å². The molecule has 0 aromatic carbocycles. The van der Waals surface area contributed by atoms with Gasteiger partial charge < -0.3 is 15.1 Å². The van der Waals surface area contributed by atoms with Gasteiger partial charge in [-0.2, -0.15) is 0 Å². The van der Waals surface area contributed by atoms with Crippen molar-refractivity contribution in [2.24, 2.45) is 4.99 Å². The SMILES string of the molecule is CN=C(NCCCCCN1CCCCC1)N(C)CCc1cccs1. The van der Waals surface area contributed by atoms with Crippen molar-refractivity contribution in [3.63, 3.8) is 0 Å². The lowest BCUT2D eigenvalue weighted by atomic mass is 10.1. The van der Waals surface area contributed by atoms with Crippen molar-refractivity contribution >= 4 is 17.3 Å². The zero-order valence-electron chi connectivity index (χ0n) is 15.5. The van der Waals surface area contributed by atoms with Gasteiger partial charge in [0, 0.05) is 32.1 Å². The maximum atomic E-state index is 4.41. The van der Waals surface area contributed by atoms with Crippen molar-refractivity contribution in [3.8, 4) is 0 Å².